The molecule has 1 fully saturated rings. The number of sulfonamides is 1. The van der Waals surface area contributed by atoms with Gasteiger partial charge in [-0.3, -0.25) is 9.48 Å². The van der Waals surface area contributed by atoms with Gasteiger partial charge in [-0.2, -0.15) is 5.10 Å². The molecule has 1 amide bonds. The van der Waals surface area contributed by atoms with Crippen molar-refractivity contribution < 1.29 is 22.7 Å². The molecule has 0 aliphatic carbocycles. The van der Waals surface area contributed by atoms with Gasteiger partial charge in [0.25, 0.3) is 5.91 Å². The van der Waals surface area contributed by atoms with Gasteiger partial charge in [-0.15, -0.1) is 0 Å². The van der Waals surface area contributed by atoms with Crippen molar-refractivity contribution in [2.75, 3.05) is 25.6 Å². The Hall–Kier alpha value is -2.43. The second-order valence-corrected chi connectivity index (χ2v) is 7.59. The average Bonchev–Trinajstić information content (AvgIpc) is 3.25. The number of aryl methyl sites for hydroxylation is 1. The molecule has 0 bridgehead atoms. The summed E-state index contributed by atoms with van der Waals surface area (Å²) in [6.07, 6.45) is 2.30. The van der Waals surface area contributed by atoms with E-state index in [1.165, 1.54) is 25.3 Å². The molecule has 0 spiro atoms. The molecule has 1 saturated heterocycles. The van der Waals surface area contributed by atoms with E-state index in [-0.39, 0.29) is 22.3 Å². The van der Waals surface area contributed by atoms with Gasteiger partial charge in [-0.25, -0.2) is 13.1 Å². The average molecular weight is 380 g/mol. The van der Waals surface area contributed by atoms with Crippen molar-refractivity contribution in [3.05, 3.63) is 36.0 Å². The Morgan fingerprint density at radius 2 is 2.19 bits per heavy atom. The van der Waals surface area contributed by atoms with Gasteiger partial charge in [0.15, 0.2) is 5.82 Å². The van der Waals surface area contributed by atoms with Gasteiger partial charge in [0.1, 0.15) is 5.75 Å². The van der Waals surface area contributed by atoms with Gasteiger partial charge in [0, 0.05) is 32.0 Å². The molecule has 140 valence electrons. The molecule has 0 radical (unpaired) electrons. The first kappa shape index (κ1) is 18.4. The Morgan fingerprint density at radius 3 is 2.81 bits per heavy atom. The van der Waals surface area contributed by atoms with E-state index in [0.717, 1.165) is 0 Å². The molecule has 0 saturated carbocycles. The van der Waals surface area contributed by atoms with E-state index in [4.69, 9.17) is 9.47 Å². The standard InChI is InChI=1S/C16H20N4O5S/c1-20-7-5-15(18-20)17-16(21)13-9-12(3-4-14(13)24-2)26(22,23)19-11-6-8-25-10-11/h3-5,7,9,11,19H,6,8,10H2,1-2H3,(H,17,18,21). The lowest BCUT2D eigenvalue weighted by atomic mass is 10.2. The summed E-state index contributed by atoms with van der Waals surface area (Å²) in [5.41, 5.74) is 0.101. The minimum absolute atomic E-state index is 0.0172. The second kappa shape index (κ2) is 7.44. The normalized spacial score (nSPS) is 17.2. The van der Waals surface area contributed by atoms with Crippen LogP contribution in [0.5, 0.6) is 5.75 Å². The van der Waals surface area contributed by atoms with Crippen molar-refractivity contribution in [1.29, 1.82) is 0 Å². The van der Waals surface area contributed by atoms with Crippen molar-refractivity contribution >= 4 is 21.7 Å². The third-order valence-corrected chi connectivity index (χ3v) is 5.45. The predicted octanol–water partition coefficient (Wildman–Crippen LogP) is 0.748. The third-order valence-electron chi connectivity index (χ3n) is 3.93. The summed E-state index contributed by atoms with van der Waals surface area (Å²) in [5.74, 6) is 0.109. The summed E-state index contributed by atoms with van der Waals surface area (Å²) in [6, 6.07) is 5.50. The minimum atomic E-state index is -3.78. The summed E-state index contributed by atoms with van der Waals surface area (Å²) in [7, 11) is -0.643. The van der Waals surface area contributed by atoms with Crippen LogP contribution in [0.3, 0.4) is 0 Å². The maximum atomic E-state index is 12.6. The summed E-state index contributed by atoms with van der Waals surface area (Å²) >= 11 is 0. The summed E-state index contributed by atoms with van der Waals surface area (Å²) in [4.78, 5) is 12.5. The number of benzene rings is 1. The van der Waals surface area contributed by atoms with E-state index in [0.29, 0.717) is 25.5 Å². The largest absolute Gasteiger partial charge is 0.496 e. The molecular formula is C16H20N4O5S. The molecule has 1 aromatic carbocycles. The summed E-state index contributed by atoms with van der Waals surface area (Å²) in [6.45, 7) is 0.857. The molecule has 1 atom stereocenters. The maximum Gasteiger partial charge on any atom is 0.260 e. The number of hydrogen-bond acceptors (Lipinski definition) is 6. The van der Waals surface area contributed by atoms with Crippen LogP contribution in [0.2, 0.25) is 0 Å². The summed E-state index contributed by atoms with van der Waals surface area (Å²) in [5, 5.41) is 6.69. The molecule has 1 aromatic heterocycles. The van der Waals surface area contributed by atoms with Gasteiger partial charge in [-0.1, -0.05) is 0 Å². The monoisotopic (exact) mass is 380 g/mol. The first-order valence-electron chi connectivity index (χ1n) is 7.98. The Kier molecular flexibility index (Phi) is 5.25. The predicted molar refractivity (Wildman–Crippen MR) is 93.7 cm³/mol. The van der Waals surface area contributed by atoms with Gasteiger partial charge < -0.3 is 14.8 Å². The number of methoxy groups -OCH3 is 1. The lowest BCUT2D eigenvalue weighted by molar-refractivity contribution is 0.102. The van der Waals surface area contributed by atoms with Gasteiger partial charge in [-0.05, 0) is 24.6 Å². The van der Waals surface area contributed by atoms with Crippen LogP contribution in [0, 0.1) is 0 Å². The quantitative estimate of drug-likeness (QED) is 0.765. The number of hydrogen-bond donors (Lipinski definition) is 2. The number of amides is 1. The Labute approximate surface area is 151 Å². The number of anilines is 1. The number of aromatic nitrogens is 2. The van der Waals surface area contributed by atoms with Gasteiger partial charge in [0.2, 0.25) is 10.0 Å². The molecule has 2 heterocycles. The molecule has 26 heavy (non-hydrogen) atoms. The first-order chi connectivity index (χ1) is 12.4. The zero-order chi connectivity index (χ0) is 18.7. The maximum absolute atomic E-state index is 12.6. The number of carbonyl (C=O) groups is 1. The van der Waals surface area contributed by atoms with Crippen molar-refractivity contribution in [3.8, 4) is 5.75 Å². The first-order valence-corrected chi connectivity index (χ1v) is 9.46. The van der Waals surface area contributed by atoms with Crippen LogP contribution in [0.1, 0.15) is 16.8 Å². The third kappa shape index (κ3) is 4.03. The Morgan fingerprint density at radius 1 is 1.38 bits per heavy atom. The van der Waals surface area contributed by atoms with Crippen LogP contribution in [-0.2, 0) is 21.8 Å². The highest BCUT2D eigenvalue weighted by Crippen LogP contribution is 2.24. The van der Waals surface area contributed by atoms with Gasteiger partial charge in [0.05, 0.1) is 24.2 Å². The second-order valence-electron chi connectivity index (χ2n) is 5.87. The highest BCUT2D eigenvalue weighted by atomic mass is 32.2. The zero-order valence-electron chi connectivity index (χ0n) is 14.4. The molecule has 1 aliphatic heterocycles. The van der Waals surface area contributed by atoms with Crippen molar-refractivity contribution in [2.24, 2.45) is 7.05 Å². The highest BCUT2D eigenvalue weighted by Gasteiger charge is 2.25. The molecule has 2 aromatic rings. The van der Waals surface area contributed by atoms with E-state index in [9.17, 15) is 13.2 Å². The fourth-order valence-corrected chi connectivity index (χ4v) is 3.89. The van der Waals surface area contributed by atoms with Crippen LogP contribution in [0.25, 0.3) is 0 Å². The van der Waals surface area contributed by atoms with Crippen molar-refractivity contribution in [3.63, 3.8) is 0 Å². The van der Waals surface area contributed by atoms with E-state index in [2.05, 4.69) is 15.1 Å². The van der Waals surface area contributed by atoms with Crippen molar-refractivity contribution in [1.82, 2.24) is 14.5 Å². The number of ether oxygens (including phenoxy) is 2. The number of nitrogens with one attached hydrogen (secondary N) is 2. The topological polar surface area (TPSA) is 112 Å². The van der Waals surface area contributed by atoms with Crippen LogP contribution >= 0.6 is 0 Å². The Bertz CT molecular complexity index is 903. The lowest BCUT2D eigenvalue weighted by Gasteiger charge is -2.14. The molecular weight excluding hydrogens is 360 g/mol. The van der Waals surface area contributed by atoms with E-state index < -0.39 is 15.9 Å². The molecule has 1 unspecified atom stereocenters. The van der Waals surface area contributed by atoms with E-state index in [1.807, 2.05) is 0 Å². The molecule has 1 aliphatic rings. The SMILES string of the molecule is COc1ccc(S(=O)(=O)NC2CCOC2)cc1C(=O)Nc1ccn(C)n1. The van der Waals surface area contributed by atoms with Crippen LogP contribution in [-0.4, -0.2) is 50.5 Å². The van der Waals surface area contributed by atoms with Gasteiger partial charge >= 0.3 is 0 Å². The van der Waals surface area contributed by atoms with E-state index in [1.54, 1.807) is 24.0 Å². The minimum Gasteiger partial charge on any atom is -0.496 e. The number of rotatable bonds is 6. The van der Waals surface area contributed by atoms with Crippen LogP contribution in [0.4, 0.5) is 5.82 Å². The molecule has 2 N–H and O–H groups in total. The van der Waals surface area contributed by atoms with Crippen LogP contribution in [0.15, 0.2) is 35.4 Å². The highest BCUT2D eigenvalue weighted by molar-refractivity contribution is 7.89. The molecule has 3 rings (SSSR count). The fourth-order valence-electron chi connectivity index (χ4n) is 2.61. The number of carbonyl (C=O) groups excluding carboxylic acids is 1. The number of nitrogens with zero attached hydrogens (tertiary/aromatic N) is 2. The Balaban J connectivity index is 1.86. The smallest absolute Gasteiger partial charge is 0.260 e. The summed E-state index contributed by atoms with van der Waals surface area (Å²) < 4.78 is 39.6. The fraction of sp³-hybridized carbons (Fsp3) is 0.375. The van der Waals surface area contributed by atoms with Crippen LogP contribution < -0.4 is 14.8 Å². The lowest BCUT2D eigenvalue weighted by Crippen LogP contribution is -2.35. The molecule has 10 heteroatoms. The van der Waals surface area contributed by atoms with Crippen molar-refractivity contribution in [2.45, 2.75) is 17.4 Å². The van der Waals surface area contributed by atoms with E-state index >= 15 is 0 Å². The zero-order valence-corrected chi connectivity index (χ0v) is 15.2. The molecule has 9 nitrogen and oxygen atoms in total.